The first-order valence-corrected chi connectivity index (χ1v) is 9.40. The van der Waals surface area contributed by atoms with E-state index in [1.807, 2.05) is 30.5 Å². The number of carbonyl (C=O) groups is 2. The van der Waals surface area contributed by atoms with E-state index in [9.17, 15) is 9.59 Å². The van der Waals surface area contributed by atoms with E-state index in [0.29, 0.717) is 24.6 Å². The summed E-state index contributed by atoms with van der Waals surface area (Å²) >= 11 is 0. The molecule has 1 aromatic heterocycles. The maximum Gasteiger partial charge on any atom is 0.247 e. The molecular weight excluding hydrogens is 344 g/mol. The van der Waals surface area contributed by atoms with Gasteiger partial charge in [-0.05, 0) is 37.0 Å². The van der Waals surface area contributed by atoms with Crippen LogP contribution in [0.4, 0.5) is 5.69 Å². The fourth-order valence-corrected chi connectivity index (χ4v) is 3.48. The highest BCUT2D eigenvalue weighted by Crippen LogP contribution is 2.28. The Labute approximate surface area is 159 Å². The lowest BCUT2D eigenvalue weighted by Crippen LogP contribution is -2.47. The molecule has 1 fully saturated rings. The number of amides is 2. The van der Waals surface area contributed by atoms with E-state index >= 15 is 0 Å². The zero-order chi connectivity index (χ0) is 19.1. The molecule has 1 aromatic carbocycles. The largest absolute Gasteiger partial charge is 0.492 e. The Bertz CT molecular complexity index is 754. The summed E-state index contributed by atoms with van der Waals surface area (Å²) in [6.45, 7) is 2.58. The van der Waals surface area contributed by atoms with Crippen LogP contribution in [0.25, 0.3) is 0 Å². The Hall–Kier alpha value is -2.83. The van der Waals surface area contributed by atoms with Crippen molar-refractivity contribution in [1.82, 2.24) is 15.1 Å². The minimum absolute atomic E-state index is 0.175. The molecule has 2 amide bonds. The summed E-state index contributed by atoms with van der Waals surface area (Å²) in [6, 6.07) is 8.67. The number of carbonyl (C=O) groups excluding carboxylic acids is 2. The molecule has 2 aromatic rings. The van der Waals surface area contributed by atoms with Crippen molar-refractivity contribution in [3.05, 3.63) is 42.7 Å². The zero-order valence-corrected chi connectivity index (χ0v) is 15.6. The van der Waals surface area contributed by atoms with Crippen LogP contribution in [0.15, 0.2) is 42.7 Å². The predicted molar refractivity (Wildman–Crippen MR) is 102 cm³/mol. The van der Waals surface area contributed by atoms with E-state index in [-0.39, 0.29) is 17.7 Å². The summed E-state index contributed by atoms with van der Waals surface area (Å²) in [5.74, 6) is 0.517. The highest BCUT2D eigenvalue weighted by molar-refractivity contribution is 5.97. The Morgan fingerprint density at radius 1 is 1.30 bits per heavy atom. The van der Waals surface area contributed by atoms with E-state index in [4.69, 9.17) is 4.74 Å². The molecule has 7 heteroatoms. The maximum atomic E-state index is 12.7. The quantitative estimate of drug-likeness (QED) is 0.748. The number of anilines is 1. The van der Waals surface area contributed by atoms with Crippen molar-refractivity contribution in [2.75, 3.05) is 11.9 Å². The lowest BCUT2D eigenvalue weighted by Gasteiger charge is -2.23. The molecule has 2 N–H and O–H groups in total. The van der Waals surface area contributed by atoms with Gasteiger partial charge >= 0.3 is 0 Å². The van der Waals surface area contributed by atoms with Crippen molar-refractivity contribution in [2.24, 2.45) is 5.92 Å². The van der Waals surface area contributed by atoms with Gasteiger partial charge in [-0.15, -0.1) is 0 Å². The van der Waals surface area contributed by atoms with Gasteiger partial charge in [-0.3, -0.25) is 14.3 Å². The van der Waals surface area contributed by atoms with Crippen LogP contribution < -0.4 is 15.4 Å². The minimum atomic E-state index is -0.491. The van der Waals surface area contributed by atoms with Crippen molar-refractivity contribution in [2.45, 2.75) is 45.2 Å². The van der Waals surface area contributed by atoms with Gasteiger partial charge in [-0.1, -0.05) is 18.9 Å². The van der Waals surface area contributed by atoms with Gasteiger partial charge in [0.05, 0.1) is 6.54 Å². The average Bonchev–Trinajstić information content (AvgIpc) is 3.34. The third-order valence-corrected chi connectivity index (χ3v) is 4.76. The number of hydrogen-bond donors (Lipinski definition) is 2. The molecule has 0 bridgehead atoms. The van der Waals surface area contributed by atoms with E-state index in [1.165, 1.54) is 6.92 Å². The molecule has 1 aliphatic carbocycles. The number of hydrogen-bond acceptors (Lipinski definition) is 4. The molecule has 3 rings (SSSR count). The molecule has 0 saturated heterocycles. The molecule has 1 aliphatic rings. The van der Waals surface area contributed by atoms with Gasteiger partial charge in [0.2, 0.25) is 11.8 Å². The van der Waals surface area contributed by atoms with Crippen LogP contribution in [0.1, 0.15) is 32.6 Å². The third-order valence-electron chi connectivity index (χ3n) is 4.76. The fraction of sp³-hybridized carbons (Fsp3) is 0.450. The van der Waals surface area contributed by atoms with Crippen molar-refractivity contribution < 1.29 is 14.3 Å². The first-order chi connectivity index (χ1) is 13.1. The average molecular weight is 370 g/mol. The van der Waals surface area contributed by atoms with Crippen LogP contribution in [-0.4, -0.2) is 34.2 Å². The molecule has 1 atom stereocenters. The maximum absolute atomic E-state index is 12.7. The summed E-state index contributed by atoms with van der Waals surface area (Å²) in [5, 5.41) is 9.86. The molecule has 0 aliphatic heterocycles. The van der Waals surface area contributed by atoms with Crippen LogP contribution in [0, 0.1) is 5.92 Å². The molecule has 0 radical (unpaired) electrons. The number of rotatable bonds is 8. The molecule has 7 nitrogen and oxygen atoms in total. The third kappa shape index (κ3) is 5.57. The van der Waals surface area contributed by atoms with Crippen LogP contribution >= 0.6 is 0 Å². The Morgan fingerprint density at radius 2 is 2.11 bits per heavy atom. The van der Waals surface area contributed by atoms with Gasteiger partial charge in [-0.2, -0.15) is 5.10 Å². The molecule has 144 valence electrons. The highest BCUT2D eigenvalue weighted by atomic mass is 16.5. The molecule has 1 unspecified atom stereocenters. The smallest absolute Gasteiger partial charge is 0.247 e. The first kappa shape index (κ1) is 18.9. The molecule has 0 spiro atoms. The van der Waals surface area contributed by atoms with Gasteiger partial charge in [0.25, 0.3) is 0 Å². The monoisotopic (exact) mass is 370 g/mol. The van der Waals surface area contributed by atoms with Crippen LogP contribution in [-0.2, 0) is 16.1 Å². The molecular formula is C20H26N4O3. The predicted octanol–water partition coefficient (Wildman–Crippen LogP) is 2.60. The van der Waals surface area contributed by atoms with E-state index in [0.717, 1.165) is 25.7 Å². The van der Waals surface area contributed by atoms with E-state index in [2.05, 4.69) is 15.7 Å². The lowest BCUT2D eigenvalue weighted by atomic mass is 9.97. The summed E-state index contributed by atoms with van der Waals surface area (Å²) in [4.78, 5) is 24.3. The van der Waals surface area contributed by atoms with Crippen molar-refractivity contribution >= 4 is 17.5 Å². The Balaban J connectivity index is 1.58. The zero-order valence-electron chi connectivity index (χ0n) is 15.6. The second-order valence-corrected chi connectivity index (χ2v) is 6.86. The van der Waals surface area contributed by atoms with Gasteiger partial charge < -0.3 is 15.4 Å². The lowest BCUT2D eigenvalue weighted by molar-refractivity contribution is -0.126. The topological polar surface area (TPSA) is 85.3 Å². The van der Waals surface area contributed by atoms with Gasteiger partial charge in [0, 0.05) is 31.1 Å². The fourth-order valence-electron chi connectivity index (χ4n) is 3.48. The van der Waals surface area contributed by atoms with Gasteiger partial charge in [0.15, 0.2) is 0 Å². The standard InChI is InChI=1S/C20H26N4O3/c1-15(25)22-19(16-6-2-3-7-16)20(26)23-17-8-4-9-18(14-17)27-13-12-24-11-5-10-21-24/h4-5,8-11,14,16,19H,2-3,6-7,12-13H2,1H3,(H,22,25)(H,23,26). The van der Waals surface area contributed by atoms with Crippen molar-refractivity contribution in [3.8, 4) is 5.75 Å². The van der Waals surface area contributed by atoms with E-state index in [1.54, 1.807) is 16.9 Å². The van der Waals surface area contributed by atoms with Crippen molar-refractivity contribution in [3.63, 3.8) is 0 Å². The van der Waals surface area contributed by atoms with Gasteiger partial charge in [0.1, 0.15) is 18.4 Å². The van der Waals surface area contributed by atoms with Crippen LogP contribution in [0.3, 0.4) is 0 Å². The SMILES string of the molecule is CC(=O)NC(C(=O)Nc1cccc(OCCn2cccn2)c1)C1CCCC1. The van der Waals surface area contributed by atoms with Crippen LogP contribution in [0.2, 0.25) is 0 Å². The Morgan fingerprint density at radius 3 is 2.81 bits per heavy atom. The second kappa shape index (κ2) is 9.21. The molecule has 27 heavy (non-hydrogen) atoms. The summed E-state index contributed by atoms with van der Waals surface area (Å²) in [6.07, 6.45) is 7.75. The van der Waals surface area contributed by atoms with Crippen LogP contribution in [0.5, 0.6) is 5.75 Å². The molecule has 1 saturated carbocycles. The molecule has 1 heterocycles. The minimum Gasteiger partial charge on any atom is -0.492 e. The number of aromatic nitrogens is 2. The second-order valence-electron chi connectivity index (χ2n) is 6.86. The van der Waals surface area contributed by atoms with Crippen molar-refractivity contribution in [1.29, 1.82) is 0 Å². The first-order valence-electron chi connectivity index (χ1n) is 9.40. The van der Waals surface area contributed by atoms with Gasteiger partial charge in [-0.25, -0.2) is 0 Å². The summed E-state index contributed by atoms with van der Waals surface area (Å²) < 4.78 is 7.54. The highest BCUT2D eigenvalue weighted by Gasteiger charge is 2.31. The number of ether oxygens (including phenoxy) is 1. The summed E-state index contributed by atoms with van der Waals surface area (Å²) in [7, 11) is 0. The van der Waals surface area contributed by atoms with E-state index < -0.39 is 6.04 Å². The normalized spacial score (nSPS) is 15.3. The number of nitrogens with one attached hydrogen (secondary N) is 2. The number of nitrogens with zero attached hydrogens (tertiary/aromatic N) is 2. The summed E-state index contributed by atoms with van der Waals surface area (Å²) in [5.41, 5.74) is 0.657. The number of benzene rings is 1. The Kier molecular flexibility index (Phi) is 6.46.